The Bertz CT molecular complexity index is 1040. The Morgan fingerprint density at radius 2 is 1.77 bits per heavy atom. The van der Waals surface area contributed by atoms with Crippen molar-refractivity contribution in [2.75, 3.05) is 38.2 Å². The number of benzene rings is 2. The maximum atomic E-state index is 11.3. The molecule has 2 heterocycles. The molecule has 0 radical (unpaired) electrons. The highest BCUT2D eigenvalue weighted by Gasteiger charge is 2.24. The zero-order chi connectivity index (χ0) is 21.1. The van der Waals surface area contributed by atoms with Crippen LogP contribution < -0.4 is 14.4 Å². The summed E-state index contributed by atoms with van der Waals surface area (Å²) in [6, 6.07) is 18.5. The molecule has 0 bridgehead atoms. The van der Waals surface area contributed by atoms with Crippen molar-refractivity contribution in [2.45, 2.75) is 19.9 Å². The summed E-state index contributed by atoms with van der Waals surface area (Å²) in [5.41, 5.74) is 2.17. The predicted molar refractivity (Wildman–Crippen MR) is 118 cm³/mol. The zero-order valence-electron chi connectivity index (χ0n) is 17.7. The Morgan fingerprint density at radius 3 is 2.50 bits per heavy atom. The number of carbonyl (C=O) groups is 1. The summed E-state index contributed by atoms with van der Waals surface area (Å²) in [6.07, 6.45) is 0. The molecule has 0 spiro atoms. The predicted octanol–water partition coefficient (Wildman–Crippen LogP) is 4.05. The average molecular weight is 405 g/mol. The number of hydrogen-bond acceptors (Lipinski definition) is 6. The molecule has 4 rings (SSSR count). The van der Waals surface area contributed by atoms with Crippen molar-refractivity contribution in [3.8, 4) is 11.5 Å². The van der Waals surface area contributed by atoms with Crippen LogP contribution in [0.1, 0.15) is 25.5 Å². The minimum atomic E-state index is -0.354. The quantitative estimate of drug-likeness (QED) is 0.472. The summed E-state index contributed by atoms with van der Waals surface area (Å²) in [4.78, 5) is 20.9. The van der Waals surface area contributed by atoms with E-state index in [0.29, 0.717) is 11.5 Å². The highest BCUT2D eigenvalue weighted by Crippen LogP contribution is 2.33. The van der Waals surface area contributed by atoms with Crippen molar-refractivity contribution in [1.29, 1.82) is 0 Å². The lowest BCUT2D eigenvalue weighted by Gasteiger charge is -2.38. The fourth-order valence-electron chi connectivity index (χ4n) is 3.96. The largest absolute Gasteiger partial charge is 0.493 e. The molecule has 1 fully saturated rings. The van der Waals surface area contributed by atoms with Crippen LogP contribution in [-0.2, 0) is 4.79 Å². The summed E-state index contributed by atoms with van der Waals surface area (Å²) < 4.78 is 10.6. The number of piperazine rings is 1. The lowest BCUT2D eigenvalue weighted by Crippen LogP contribution is -2.47. The monoisotopic (exact) mass is 405 g/mol. The van der Waals surface area contributed by atoms with Gasteiger partial charge in [-0.2, -0.15) is 0 Å². The van der Waals surface area contributed by atoms with Crippen LogP contribution in [0, 0.1) is 0 Å². The van der Waals surface area contributed by atoms with Crippen molar-refractivity contribution in [1.82, 2.24) is 9.88 Å². The van der Waals surface area contributed by atoms with Gasteiger partial charge in [-0.15, -0.1) is 0 Å². The van der Waals surface area contributed by atoms with E-state index in [2.05, 4.69) is 41.0 Å². The van der Waals surface area contributed by atoms with Crippen LogP contribution in [0.15, 0.2) is 54.6 Å². The number of aromatic nitrogens is 1. The van der Waals surface area contributed by atoms with Crippen LogP contribution >= 0.6 is 0 Å². The van der Waals surface area contributed by atoms with Crippen molar-refractivity contribution in [3.63, 3.8) is 0 Å². The molecule has 1 aliphatic heterocycles. The Kier molecular flexibility index (Phi) is 5.86. The van der Waals surface area contributed by atoms with Gasteiger partial charge in [0.25, 0.3) is 0 Å². The molecule has 0 N–H and O–H groups in total. The molecular weight excluding hydrogens is 378 g/mol. The molecule has 0 amide bonds. The van der Waals surface area contributed by atoms with Gasteiger partial charge in [-0.05, 0) is 42.8 Å². The van der Waals surface area contributed by atoms with Crippen molar-refractivity contribution in [3.05, 3.63) is 60.2 Å². The summed E-state index contributed by atoms with van der Waals surface area (Å²) in [6.45, 7) is 7.34. The topological polar surface area (TPSA) is 54.9 Å². The second-order valence-corrected chi connectivity index (χ2v) is 7.57. The molecule has 1 unspecified atom stereocenters. The number of pyridine rings is 1. The lowest BCUT2D eigenvalue weighted by molar-refractivity contribution is -0.132. The van der Waals surface area contributed by atoms with Gasteiger partial charge in [0.2, 0.25) is 0 Å². The molecule has 30 heavy (non-hydrogen) atoms. The minimum Gasteiger partial charge on any atom is -0.493 e. The molecule has 1 aromatic heterocycles. The second kappa shape index (κ2) is 8.71. The van der Waals surface area contributed by atoms with Crippen LogP contribution in [0.3, 0.4) is 0 Å². The van der Waals surface area contributed by atoms with Gasteiger partial charge in [0, 0.05) is 44.5 Å². The first-order valence-electron chi connectivity index (χ1n) is 10.3. The number of hydrogen-bond donors (Lipinski definition) is 0. The van der Waals surface area contributed by atoms with E-state index in [9.17, 15) is 4.79 Å². The number of anilines is 1. The number of nitrogens with zero attached hydrogens (tertiary/aromatic N) is 3. The Hall–Kier alpha value is -3.12. The summed E-state index contributed by atoms with van der Waals surface area (Å²) >= 11 is 0. The third-order valence-corrected chi connectivity index (χ3v) is 5.69. The van der Waals surface area contributed by atoms with Gasteiger partial charge < -0.3 is 14.4 Å². The van der Waals surface area contributed by atoms with E-state index in [1.807, 2.05) is 24.3 Å². The molecular formula is C24H27N3O3. The molecule has 0 aliphatic carbocycles. The van der Waals surface area contributed by atoms with Gasteiger partial charge in [0.1, 0.15) is 5.82 Å². The van der Waals surface area contributed by atoms with E-state index in [1.54, 1.807) is 13.2 Å². The molecule has 6 nitrogen and oxygen atoms in total. The molecule has 6 heteroatoms. The van der Waals surface area contributed by atoms with E-state index in [1.165, 1.54) is 12.3 Å². The average Bonchev–Trinajstić information content (AvgIpc) is 2.78. The third-order valence-electron chi connectivity index (χ3n) is 5.69. The molecule has 1 aliphatic rings. The number of rotatable bonds is 5. The maximum absolute atomic E-state index is 11.3. The van der Waals surface area contributed by atoms with E-state index in [-0.39, 0.29) is 12.0 Å². The van der Waals surface area contributed by atoms with Crippen LogP contribution in [0.25, 0.3) is 10.9 Å². The SMILES string of the molecule is COc1cc(C(C)N2CCN(c3ccc4ccccc4n3)CC2)ccc1OC(C)=O. The van der Waals surface area contributed by atoms with Crippen LogP contribution in [0.4, 0.5) is 5.82 Å². The van der Waals surface area contributed by atoms with Gasteiger partial charge in [-0.1, -0.05) is 24.3 Å². The molecule has 1 saturated heterocycles. The number of fused-ring (bicyclic) bond motifs is 1. The molecule has 2 aromatic carbocycles. The molecule has 1 atom stereocenters. The van der Waals surface area contributed by atoms with Crippen molar-refractivity contribution < 1.29 is 14.3 Å². The summed E-state index contributed by atoms with van der Waals surface area (Å²) in [5, 5.41) is 1.17. The van der Waals surface area contributed by atoms with Gasteiger partial charge in [-0.3, -0.25) is 9.69 Å². The highest BCUT2D eigenvalue weighted by atomic mass is 16.6. The number of esters is 1. The molecule has 3 aromatic rings. The Labute approximate surface area is 177 Å². The molecule has 0 saturated carbocycles. The first kappa shape index (κ1) is 20.2. The van der Waals surface area contributed by atoms with Crippen molar-refractivity contribution >= 4 is 22.7 Å². The first-order chi connectivity index (χ1) is 14.5. The van der Waals surface area contributed by atoms with Gasteiger partial charge in [-0.25, -0.2) is 4.98 Å². The zero-order valence-corrected chi connectivity index (χ0v) is 17.7. The lowest BCUT2D eigenvalue weighted by atomic mass is 10.1. The number of ether oxygens (including phenoxy) is 2. The maximum Gasteiger partial charge on any atom is 0.308 e. The normalized spacial score (nSPS) is 15.8. The number of para-hydroxylation sites is 1. The first-order valence-corrected chi connectivity index (χ1v) is 10.3. The fraction of sp³-hybridized carbons (Fsp3) is 0.333. The van der Waals surface area contributed by atoms with Crippen LogP contribution in [0.5, 0.6) is 11.5 Å². The highest BCUT2D eigenvalue weighted by molar-refractivity contribution is 5.80. The van der Waals surface area contributed by atoms with E-state index >= 15 is 0 Å². The smallest absolute Gasteiger partial charge is 0.308 e. The number of methoxy groups -OCH3 is 1. The minimum absolute atomic E-state index is 0.233. The van der Waals surface area contributed by atoms with Gasteiger partial charge in [0.15, 0.2) is 11.5 Å². The van der Waals surface area contributed by atoms with E-state index in [0.717, 1.165) is 43.1 Å². The summed E-state index contributed by atoms with van der Waals surface area (Å²) in [5.74, 6) is 1.71. The summed E-state index contributed by atoms with van der Waals surface area (Å²) in [7, 11) is 1.59. The van der Waals surface area contributed by atoms with Gasteiger partial charge >= 0.3 is 5.97 Å². The number of carbonyl (C=O) groups excluding carboxylic acids is 1. The standard InChI is InChI=1S/C24H27N3O3/c1-17(20-8-10-22(30-18(2)28)23(16-20)29-3)26-12-14-27(15-13-26)24-11-9-19-6-4-5-7-21(19)25-24/h4-11,16-17H,12-15H2,1-3H3. The molecule has 156 valence electrons. The Morgan fingerprint density at radius 1 is 1.00 bits per heavy atom. The van der Waals surface area contributed by atoms with E-state index in [4.69, 9.17) is 14.5 Å². The van der Waals surface area contributed by atoms with E-state index < -0.39 is 0 Å². The second-order valence-electron chi connectivity index (χ2n) is 7.57. The van der Waals surface area contributed by atoms with Crippen molar-refractivity contribution in [2.24, 2.45) is 0 Å². The fourth-order valence-corrected chi connectivity index (χ4v) is 3.96. The third kappa shape index (κ3) is 4.24. The Balaban J connectivity index is 1.43. The van der Waals surface area contributed by atoms with Crippen LogP contribution in [-0.4, -0.2) is 49.1 Å². The van der Waals surface area contributed by atoms with Crippen LogP contribution in [0.2, 0.25) is 0 Å². The van der Waals surface area contributed by atoms with Gasteiger partial charge in [0.05, 0.1) is 12.6 Å².